The predicted octanol–water partition coefficient (Wildman–Crippen LogP) is 4.86. The van der Waals surface area contributed by atoms with E-state index in [1.807, 2.05) is 49.4 Å². The summed E-state index contributed by atoms with van der Waals surface area (Å²) in [6, 6.07) is 16.8. The zero-order chi connectivity index (χ0) is 16.2. The van der Waals surface area contributed by atoms with E-state index in [1.54, 1.807) is 12.1 Å². The molecule has 4 nitrogen and oxygen atoms in total. The zero-order valence-electron chi connectivity index (χ0n) is 12.3. The van der Waals surface area contributed by atoms with E-state index in [2.05, 4.69) is 26.1 Å². The number of thioether (sulfide) groups is 1. The molecule has 23 heavy (non-hydrogen) atoms. The van der Waals surface area contributed by atoms with Crippen molar-refractivity contribution in [3.05, 3.63) is 64.6 Å². The smallest absolute Gasteiger partial charge is 0.277 e. The molecule has 1 heterocycles. The van der Waals surface area contributed by atoms with Crippen molar-refractivity contribution in [3.63, 3.8) is 0 Å². The van der Waals surface area contributed by atoms with Crippen molar-refractivity contribution in [1.82, 2.24) is 10.2 Å². The van der Waals surface area contributed by atoms with Gasteiger partial charge in [0.1, 0.15) is 0 Å². The van der Waals surface area contributed by atoms with Gasteiger partial charge in [-0.05, 0) is 35.0 Å². The van der Waals surface area contributed by atoms with Crippen LogP contribution in [0.1, 0.15) is 17.3 Å². The van der Waals surface area contributed by atoms with Crippen LogP contribution in [0.25, 0.3) is 11.5 Å². The molecular formula is C17H13BrN2O2S. The van der Waals surface area contributed by atoms with Crippen LogP contribution in [-0.2, 0) is 0 Å². The van der Waals surface area contributed by atoms with Crippen LogP contribution in [0.5, 0.6) is 0 Å². The summed E-state index contributed by atoms with van der Waals surface area (Å²) in [5, 5.41) is 8.16. The van der Waals surface area contributed by atoms with E-state index in [4.69, 9.17) is 4.42 Å². The first-order valence-electron chi connectivity index (χ1n) is 6.99. The Labute approximate surface area is 146 Å². The van der Waals surface area contributed by atoms with Gasteiger partial charge in [-0.3, -0.25) is 4.79 Å². The number of aromatic nitrogens is 2. The van der Waals surface area contributed by atoms with Gasteiger partial charge in [0.05, 0.1) is 10.8 Å². The highest BCUT2D eigenvalue weighted by Crippen LogP contribution is 2.31. The molecule has 0 saturated carbocycles. The molecular weight excluding hydrogens is 376 g/mol. The molecule has 3 rings (SSSR count). The molecule has 0 aliphatic rings. The minimum Gasteiger partial charge on any atom is -0.411 e. The quantitative estimate of drug-likeness (QED) is 0.461. The molecule has 116 valence electrons. The average molecular weight is 389 g/mol. The third kappa shape index (κ3) is 3.71. The van der Waals surface area contributed by atoms with Gasteiger partial charge in [-0.1, -0.05) is 54.2 Å². The number of hydrogen-bond donors (Lipinski definition) is 0. The standard InChI is InChI=1S/C17H13BrN2O2S/c1-11(15(21)12-7-3-2-4-8-12)23-17-20-19-16(22-17)13-9-5-6-10-14(13)18/h2-11H,1H3. The Balaban J connectivity index is 1.74. The van der Waals surface area contributed by atoms with Crippen molar-refractivity contribution < 1.29 is 9.21 Å². The second-order valence-corrected chi connectivity index (χ2v) is 6.99. The first-order chi connectivity index (χ1) is 11.1. The fraction of sp³-hybridized carbons (Fsp3) is 0.118. The summed E-state index contributed by atoms with van der Waals surface area (Å²) in [4.78, 5) is 12.4. The number of nitrogens with zero attached hydrogens (tertiary/aromatic N) is 2. The second-order valence-electron chi connectivity index (χ2n) is 4.84. The fourth-order valence-electron chi connectivity index (χ4n) is 2.04. The van der Waals surface area contributed by atoms with Crippen LogP contribution in [-0.4, -0.2) is 21.2 Å². The minimum atomic E-state index is -0.301. The Morgan fingerprint density at radius 1 is 1.09 bits per heavy atom. The van der Waals surface area contributed by atoms with E-state index in [1.165, 1.54) is 11.8 Å². The van der Waals surface area contributed by atoms with Crippen LogP contribution in [0, 0.1) is 0 Å². The van der Waals surface area contributed by atoms with Gasteiger partial charge in [0, 0.05) is 10.0 Å². The lowest BCUT2D eigenvalue weighted by atomic mass is 10.1. The molecule has 0 radical (unpaired) electrons. The van der Waals surface area contributed by atoms with E-state index >= 15 is 0 Å². The molecule has 6 heteroatoms. The van der Waals surface area contributed by atoms with Gasteiger partial charge in [-0.25, -0.2) is 0 Å². The van der Waals surface area contributed by atoms with Gasteiger partial charge in [-0.2, -0.15) is 0 Å². The van der Waals surface area contributed by atoms with E-state index in [0.717, 1.165) is 10.0 Å². The Morgan fingerprint density at radius 2 is 1.78 bits per heavy atom. The Hall–Kier alpha value is -1.92. The summed E-state index contributed by atoms with van der Waals surface area (Å²) in [5.74, 6) is 0.468. The van der Waals surface area contributed by atoms with Crippen molar-refractivity contribution in [2.75, 3.05) is 0 Å². The predicted molar refractivity (Wildman–Crippen MR) is 93.5 cm³/mol. The van der Waals surface area contributed by atoms with Gasteiger partial charge in [0.25, 0.3) is 5.22 Å². The second kappa shape index (κ2) is 7.10. The normalized spacial score (nSPS) is 12.1. The van der Waals surface area contributed by atoms with E-state index in [-0.39, 0.29) is 11.0 Å². The number of rotatable bonds is 5. The molecule has 0 N–H and O–H groups in total. The molecule has 0 spiro atoms. The monoisotopic (exact) mass is 388 g/mol. The van der Waals surface area contributed by atoms with Gasteiger partial charge in [-0.15, -0.1) is 10.2 Å². The summed E-state index contributed by atoms with van der Waals surface area (Å²) in [6.45, 7) is 1.84. The Bertz CT molecular complexity index is 820. The van der Waals surface area contributed by atoms with Crippen molar-refractivity contribution in [2.24, 2.45) is 0 Å². The lowest BCUT2D eigenvalue weighted by molar-refractivity contribution is 0.0993. The molecule has 0 fully saturated rings. The van der Waals surface area contributed by atoms with Gasteiger partial charge in [0.15, 0.2) is 5.78 Å². The first-order valence-corrected chi connectivity index (χ1v) is 8.67. The SMILES string of the molecule is CC(Sc1nnc(-c2ccccc2Br)o1)C(=O)c1ccccc1. The molecule has 2 aromatic carbocycles. The number of hydrogen-bond acceptors (Lipinski definition) is 5. The molecule has 0 aliphatic carbocycles. The van der Waals surface area contributed by atoms with Crippen molar-refractivity contribution in [3.8, 4) is 11.5 Å². The number of Topliss-reactive ketones (excluding diaryl/α,β-unsaturated/α-hetero) is 1. The number of benzene rings is 2. The number of halogens is 1. The third-order valence-electron chi connectivity index (χ3n) is 3.22. The fourth-order valence-corrected chi connectivity index (χ4v) is 3.26. The maximum absolute atomic E-state index is 12.4. The minimum absolute atomic E-state index is 0.0382. The molecule has 1 unspecified atom stereocenters. The van der Waals surface area contributed by atoms with Crippen molar-refractivity contribution in [2.45, 2.75) is 17.4 Å². The summed E-state index contributed by atoms with van der Waals surface area (Å²) < 4.78 is 6.55. The maximum Gasteiger partial charge on any atom is 0.277 e. The molecule has 0 bridgehead atoms. The van der Waals surface area contributed by atoms with Crippen LogP contribution < -0.4 is 0 Å². The highest BCUT2D eigenvalue weighted by Gasteiger charge is 2.20. The number of carbonyl (C=O) groups excluding carboxylic acids is 1. The van der Waals surface area contributed by atoms with Crippen molar-refractivity contribution >= 4 is 33.5 Å². The Morgan fingerprint density at radius 3 is 2.52 bits per heavy atom. The first kappa shape index (κ1) is 16.0. The van der Waals surface area contributed by atoms with Crippen LogP contribution >= 0.6 is 27.7 Å². The van der Waals surface area contributed by atoms with Gasteiger partial charge < -0.3 is 4.42 Å². The van der Waals surface area contributed by atoms with E-state index in [0.29, 0.717) is 16.7 Å². The topological polar surface area (TPSA) is 56.0 Å². The maximum atomic E-state index is 12.4. The summed E-state index contributed by atoms with van der Waals surface area (Å²) in [7, 11) is 0. The zero-order valence-corrected chi connectivity index (χ0v) is 14.7. The molecule has 1 atom stereocenters. The third-order valence-corrected chi connectivity index (χ3v) is 4.84. The molecule has 0 amide bonds. The molecule has 1 aromatic heterocycles. The molecule has 0 aliphatic heterocycles. The number of carbonyl (C=O) groups is 1. The van der Waals surface area contributed by atoms with Gasteiger partial charge in [0.2, 0.25) is 5.89 Å². The lowest BCUT2D eigenvalue weighted by Crippen LogP contribution is -2.13. The van der Waals surface area contributed by atoms with Crippen LogP contribution in [0.2, 0.25) is 0 Å². The molecule has 0 saturated heterocycles. The summed E-state index contributed by atoms with van der Waals surface area (Å²) >= 11 is 4.72. The van der Waals surface area contributed by atoms with E-state index < -0.39 is 0 Å². The van der Waals surface area contributed by atoms with Crippen molar-refractivity contribution in [1.29, 1.82) is 0 Å². The highest BCUT2D eigenvalue weighted by molar-refractivity contribution is 9.10. The molecule has 3 aromatic rings. The Kier molecular flexibility index (Phi) is 4.93. The highest BCUT2D eigenvalue weighted by atomic mass is 79.9. The number of ketones is 1. The lowest BCUT2D eigenvalue weighted by Gasteiger charge is -2.06. The summed E-state index contributed by atoms with van der Waals surface area (Å²) in [6.07, 6.45) is 0. The van der Waals surface area contributed by atoms with Crippen LogP contribution in [0.15, 0.2) is 68.7 Å². The van der Waals surface area contributed by atoms with Crippen LogP contribution in [0.4, 0.5) is 0 Å². The van der Waals surface area contributed by atoms with Gasteiger partial charge >= 0.3 is 0 Å². The van der Waals surface area contributed by atoms with Crippen LogP contribution in [0.3, 0.4) is 0 Å². The van der Waals surface area contributed by atoms with E-state index in [9.17, 15) is 4.79 Å². The average Bonchev–Trinajstić information content (AvgIpc) is 3.03. The largest absolute Gasteiger partial charge is 0.411 e. The summed E-state index contributed by atoms with van der Waals surface area (Å²) in [5.41, 5.74) is 1.51.